The fourth-order valence-electron chi connectivity index (χ4n) is 1.84. The fourth-order valence-corrected chi connectivity index (χ4v) is 2.18. The van der Waals surface area contributed by atoms with Gasteiger partial charge in [-0.15, -0.1) is 0 Å². The van der Waals surface area contributed by atoms with E-state index in [1.54, 1.807) is 10.9 Å². The molecule has 1 aliphatic heterocycles. The number of aromatic nitrogens is 2. The van der Waals surface area contributed by atoms with Gasteiger partial charge in [0.1, 0.15) is 5.15 Å². The van der Waals surface area contributed by atoms with E-state index in [2.05, 4.69) is 15.7 Å². The second-order valence-corrected chi connectivity index (χ2v) is 4.13. The highest BCUT2D eigenvalue weighted by Crippen LogP contribution is 2.25. The Morgan fingerprint density at radius 1 is 1.62 bits per heavy atom. The van der Waals surface area contributed by atoms with Gasteiger partial charge in [-0.1, -0.05) is 11.6 Å². The molecule has 0 bridgehead atoms. The smallest absolute Gasteiger partial charge is 0.221 e. The van der Waals surface area contributed by atoms with E-state index < -0.39 is 0 Å². The van der Waals surface area contributed by atoms with E-state index >= 15 is 0 Å². The van der Waals surface area contributed by atoms with Crippen LogP contribution in [0.15, 0.2) is 6.20 Å². The molecule has 1 aromatic heterocycles. The zero-order valence-electron chi connectivity index (χ0n) is 9.16. The average molecular weight is 243 g/mol. The Kier molecular flexibility index (Phi) is 3.46. The van der Waals surface area contributed by atoms with Gasteiger partial charge in [0.15, 0.2) is 0 Å². The maximum Gasteiger partial charge on any atom is 0.221 e. The number of hydrogen-bond donors (Lipinski definition) is 2. The molecule has 1 saturated heterocycles. The van der Waals surface area contributed by atoms with Crippen molar-refractivity contribution in [3.63, 3.8) is 0 Å². The van der Waals surface area contributed by atoms with Crippen LogP contribution < -0.4 is 10.6 Å². The molecule has 1 amide bonds. The van der Waals surface area contributed by atoms with Crippen molar-refractivity contribution in [2.75, 3.05) is 13.1 Å². The Hall–Kier alpha value is -1.07. The van der Waals surface area contributed by atoms with Gasteiger partial charge in [-0.3, -0.25) is 9.48 Å². The molecule has 2 N–H and O–H groups in total. The van der Waals surface area contributed by atoms with Crippen LogP contribution in [0.2, 0.25) is 5.15 Å². The van der Waals surface area contributed by atoms with Crippen LogP contribution in [0.3, 0.4) is 0 Å². The monoisotopic (exact) mass is 242 g/mol. The standard InChI is InChI=1S/C10H15ClN4O/c1-2-15-10(11)7(6-14-15)8-5-9(16)13-4-3-12-8/h6,8,12H,2-5H2,1H3,(H,13,16). The molecule has 1 aliphatic rings. The normalized spacial score (nSPS) is 21.6. The Bertz CT molecular complexity index is 390. The van der Waals surface area contributed by atoms with Crippen LogP contribution in [0.5, 0.6) is 0 Å². The molecular weight excluding hydrogens is 228 g/mol. The van der Waals surface area contributed by atoms with Crippen LogP contribution in [0, 0.1) is 0 Å². The Morgan fingerprint density at radius 3 is 3.12 bits per heavy atom. The van der Waals surface area contributed by atoms with Crippen molar-refractivity contribution in [2.24, 2.45) is 0 Å². The molecule has 0 aliphatic carbocycles. The maximum absolute atomic E-state index is 11.4. The third kappa shape index (κ3) is 2.20. The summed E-state index contributed by atoms with van der Waals surface area (Å²) in [5, 5.41) is 10.9. The predicted molar refractivity (Wildman–Crippen MR) is 61.3 cm³/mol. The third-order valence-corrected chi connectivity index (χ3v) is 3.12. The zero-order valence-corrected chi connectivity index (χ0v) is 9.92. The minimum Gasteiger partial charge on any atom is -0.355 e. The molecule has 0 spiro atoms. The quantitative estimate of drug-likeness (QED) is 0.803. The highest BCUT2D eigenvalue weighted by atomic mass is 35.5. The molecule has 16 heavy (non-hydrogen) atoms. The number of carbonyl (C=O) groups is 1. The van der Waals surface area contributed by atoms with Crippen molar-refractivity contribution in [3.8, 4) is 0 Å². The number of rotatable bonds is 2. The SMILES string of the molecule is CCn1ncc(C2CC(=O)NCCN2)c1Cl. The largest absolute Gasteiger partial charge is 0.355 e. The van der Waals surface area contributed by atoms with Gasteiger partial charge in [-0.25, -0.2) is 0 Å². The van der Waals surface area contributed by atoms with Crippen LogP contribution in [0.25, 0.3) is 0 Å². The first-order chi connectivity index (χ1) is 7.72. The molecule has 5 nitrogen and oxygen atoms in total. The summed E-state index contributed by atoms with van der Waals surface area (Å²) >= 11 is 6.19. The van der Waals surface area contributed by atoms with Crippen molar-refractivity contribution in [1.82, 2.24) is 20.4 Å². The van der Waals surface area contributed by atoms with Crippen LogP contribution in [0.4, 0.5) is 0 Å². The topological polar surface area (TPSA) is 59.0 Å². The lowest BCUT2D eigenvalue weighted by atomic mass is 10.1. The van der Waals surface area contributed by atoms with E-state index in [0.29, 0.717) is 18.1 Å². The highest BCUT2D eigenvalue weighted by molar-refractivity contribution is 6.30. The van der Waals surface area contributed by atoms with E-state index in [4.69, 9.17) is 11.6 Å². The number of aryl methyl sites for hydroxylation is 1. The van der Waals surface area contributed by atoms with E-state index in [0.717, 1.165) is 18.7 Å². The lowest BCUT2D eigenvalue weighted by Crippen LogP contribution is -2.24. The van der Waals surface area contributed by atoms with Crippen molar-refractivity contribution in [3.05, 3.63) is 16.9 Å². The summed E-state index contributed by atoms with van der Waals surface area (Å²) in [6.45, 7) is 4.13. The molecule has 0 radical (unpaired) electrons. The van der Waals surface area contributed by atoms with Crippen molar-refractivity contribution >= 4 is 17.5 Å². The molecule has 1 unspecified atom stereocenters. The molecule has 1 aromatic rings. The summed E-state index contributed by atoms with van der Waals surface area (Å²) in [5.41, 5.74) is 0.903. The van der Waals surface area contributed by atoms with Crippen LogP contribution in [0.1, 0.15) is 24.9 Å². The number of nitrogens with one attached hydrogen (secondary N) is 2. The fraction of sp³-hybridized carbons (Fsp3) is 0.600. The predicted octanol–water partition coefficient (Wildman–Crippen LogP) is 0.707. The van der Waals surface area contributed by atoms with Gasteiger partial charge in [-0.2, -0.15) is 5.10 Å². The van der Waals surface area contributed by atoms with E-state index in [9.17, 15) is 4.79 Å². The Balaban J connectivity index is 2.21. The van der Waals surface area contributed by atoms with Gasteiger partial charge in [0.05, 0.1) is 6.20 Å². The number of carbonyl (C=O) groups excluding carboxylic acids is 1. The molecule has 1 fully saturated rings. The zero-order chi connectivity index (χ0) is 11.5. The van der Waals surface area contributed by atoms with Gasteiger partial charge in [-0.05, 0) is 6.92 Å². The van der Waals surface area contributed by atoms with E-state index in [1.165, 1.54) is 0 Å². The minimum absolute atomic E-state index is 0.0321. The molecule has 88 valence electrons. The Morgan fingerprint density at radius 2 is 2.44 bits per heavy atom. The highest BCUT2D eigenvalue weighted by Gasteiger charge is 2.22. The summed E-state index contributed by atoms with van der Waals surface area (Å²) in [5.74, 6) is 0.0512. The lowest BCUT2D eigenvalue weighted by Gasteiger charge is -2.13. The molecule has 1 atom stereocenters. The Labute approximate surface area is 99.2 Å². The van der Waals surface area contributed by atoms with Gasteiger partial charge in [0.2, 0.25) is 5.91 Å². The number of hydrogen-bond acceptors (Lipinski definition) is 3. The van der Waals surface area contributed by atoms with Gasteiger partial charge >= 0.3 is 0 Å². The molecule has 0 saturated carbocycles. The van der Waals surface area contributed by atoms with Crippen LogP contribution in [-0.4, -0.2) is 28.8 Å². The van der Waals surface area contributed by atoms with Gasteiger partial charge in [0.25, 0.3) is 0 Å². The molecule has 6 heteroatoms. The van der Waals surface area contributed by atoms with Crippen LogP contribution in [-0.2, 0) is 11.3 Å². The van der Waals surface area contributed by atoms with E-state index in [-0.39, 0.29) is 11.9 Å². The first kappa shape index (κ1) is 11.4. The summed E-state index contributed by atoms with van der Waals surface area (Å²) < 4.78 is 1.72. The first-order valence-corrected chi connectivity index (χ1v) is 5.81. The lowest BCUT2D eigenvalue weighted by molar-refractivity contribution is -0.121. The first-order valence-electron chi connectivity index (χ1n) is 5.43. The van der Waals surface area contributed by atoms with Crippen molar-refractivity contribution < 1.29 is 4.79 Å². The van der Waals surface area contributed by atoms with Crippen LogP contribution >= 0.6 is 11.6 Å². The second kappa shape index (κ2) is 4.84. The maximum atomic E-state index is 11.4. The second-order valence-electron chi connectivity index (χ2n) is 3.77. The number of nitrogens with zero attached hydrogens (tertiary/aromatic N) is 2. The molecule has 2 rings (SSSR count). The number of amides is 1. The summed E-state index contributed by atoms with van der Waals surface area (Å²) in [7, 11) is 0. The summed E-state index contributed by atoms with van der Waals surface area (Å²) in [6.07, 6.45) is 2.15. The molecule has 0 aromatic carbocycles. The average Bonchev–Trinajstić information content (AvgIpc) is 2.50. The van der Waals surface area contributed by atoms with Crippen molar-refractivity contribution in [1.29, 1.82) is 0 Å². The molecule has 2 heterocycles. The number of halogens is 1. The molecular formula is C10H15ClN4O. The van der Waals surface area contributed by atoms with Gasteiger partial charge in [0, 0.05) is 37.7 Å². The minimum atomic E-state index is -0.0321. The third-order valence-electron chi connectivity index (χ3n) is 2.70. The van der Waals surface area contributed by atoms with E-state index in [1.807, 2.05) is 6.92 Å². The summed E-state index contributed by atoms with van der Waals surface area (Å²) in [4.78, 5) is 11.4. The van der Waals surface area contributed by atoms with Crippen molar-refractivity contribution in [2.45, 2.75) is 25.9 Å². The van der Waals surface area contributed by atoms with Gasteiger partial charge < -0.3 is 10.6 Å². The summed E-state index contributed by atoms with van der Waals surface area (Å²) in [6, 6.07) is -0.0321.